The van der Waals surface area contributed by atoms with E-state index in [1.807, 2.05) is 13.8 Å². The fourth-order valence-corrected chi connectivity index (χ4v) is 1.69. The van der Waals surface area contributed by atoms with E-state index >= 15 is 0 Å². The summed E-state index contributed by atoms with van der Waals surface area (Å²) in [4.78, 5) is 0. The van der Waals surface area contributed by atoms with E-state index in [1.54, 1.807) is 6.07 Å². The lowest BCUT2D eigenvalue weighted by Gasteiger charge is -2.19. The minimum atomic E-state index is -0.433. The summed E-state index contributed by atoms with van der Waals surface area (Å²) in [5, 5.41) is 0.505. The molecule has 0 saturated heterocycles. The number of benzene rings is 1. The molecule has 0 bridgehead atoms. The van der Waals surface area contributed by atoms with Gasteiger partial charge in [-0.3, -0.25) is 0 Å². The Hall–Kier alpha value is -0.120. The number of hydrogen-bond acceptors (Lipinski definition) is 1. The van der Waals surface area contributed by atoms with Crippen molar-refractivity contribution in [2.45, 2.75) is 25.8 Å². The Bertz CT molecular complexity index is 347. The summed E-state index contributed by atoms with van der Waals surface area (Å²) in [6.07, 6.45) is 0.464. The zero-order valence-electron chi connectivity index (χ0n) is 8.07. The molecule has 0 saturated carbocycles. The van der Waals surface area contributed by atoms with Crippen molar-refractivity contribution in [3.8, 4) is 0 Å². The SMILES string of the molecule is CC(C)(N)Cc1cc(Cl)c(Br)cc1F. The molecule has 0 fully saturated rings. The largest absolute Gasteiger partial charge is 0.325 e. The molecule has 0 aromatic heterocycles. The summed E-state index contributed by atoms with van der Waals surface area (Å²) in [6, 6.07) is 2.97. The van der Waals surface area contributed by atoms with Crippen LogP contribution < -0.4 is 5.73 Å². The maximum absolute atomic E-state index is 13.4. The van der Waals surface area contributed by atoms with Crippen molar-refractivity contribution < 1.29 is 4.39 Å². The third-order valence-electron chi connectivity index (χ3n) is 1.74. The van der Waals surface area contributed by atoms with Crippen molar-refractivity contribution in [1.82, 2.24) is 0 Å². The van der Waals surface area contributed by atoms with E-state index in [4.69, 9.17) is 17.3 Å². The van der Waals surface area contributed by atoms with Gasteiger partial charge in [0.15, 0.2) is 0 Å². The van der Waals surface area contributed by atoms with Crippen LogP contribution in [0.25, 0.3) is 0 Å². The van der Waals surface area contributed by atoms with Crippen LogP contribution in [-0.4, -0.2) is 5.54 Å². The topological polar surface area (TPSA) is 26.0 Å². The van der Waals surface area contributed by atoms with Gasteiger partial charge in [0.25, 0.3) is 0 Å². The summed E-state index contributed by atoms with van der Waals surface area (Å²) in [5.41, 5.74) is 5.92. The quantitative estimate of drug-likeness (QED) is 0.824. The van der Waals surface area contributed by atoms with Gasteiger partial charge in [-0.15, -0.1) is 0 Å². The second-order valence-corrected chi connectivity index (χ2v) is 5.28. The minimum absolute atomic E-state index is 0.278. The Morgan fingerprint density at radius 2 is 2.07 bits per heavy atom. The third kappa shape index (κ3) is 3.23. The molecule has 1 nitrogen and oxygen atoms in total. The Morgan fingerprint density at radius 3 is 2.57 bits per heavy atom. The summed E-state index contributed by atoms with van der Waals surface area (Å²) >= 11 is 9.02. The predicted molar refractivity (Wildman–Crippen MR) is 61.1 cm³/mol. The van der Waals surface area contributed by atoms with Gasteiger partial charge in [0.2, 0.25) is 0 Å². The maximum atomic E-state index is 13.4. The summed E-state index contributed by atoms with van der Waals surface area (Å²) < 4.78 is 14.0. The van der Waals surface area contributed by atoms with Gasteiger partial charge in [-0.05, 0) is 53.9 Å². The van der Waals surface area contributed by atoms with Crippen LogP contribution in [0.15, 0.2) is 16.6 Å². The smallest absolute Gasteiger partial charge is 0.127 e. The predicted octanol–water partition coefficient (Wildman–Crippen LogP) is 3.52. The molecule has 0 unspecified atom stereocenters. The lowest BCUT2D eigenvalue weighted by atomic mass is 9.96. The Labute approximate surface area is 96.6 Å². The molecule has 0 aliphatic rings. The molecule has 0 aliphatic carbocycles. The Morgan fingerprint density at radius 1 is 1.50 bits per heavy atom. The van der Waals surface area contributed by atoms with Crippen LogP contribution in [0.1, 0.15) is 19.4 Å². The summed E-state index contributed by atoms with van der Waals surface area (Å²) in [7, 11) is 0. The molecule has 14 heavy (non-hydrogen) atoms. The molecule has 78 valence electrons. The lowest BCUT2D eigenvalue weighted by molar-refractivity contribution is 0.497. The normalized spacial score (nSPS) is 11.9. The second-order valence-electron chi connectivity index (χ2n) is 4.02. The molecular weight excluding hydrogens is 268 g/mol. The van der Waals surface area contributed by atoms with E-state index < -0.39 is 5.54 Å². The molecule has 1 aromatic rings. The van der Waals surface area contributed by atoms with Gasteiger partial charge in [0.1, 0.15) is 5.82 Å². The zero-order valence-corrected chi connectivity index (χ0v) is 10.4. The van der Waals surface area contributed by atoms with Crippen molar-refractivity contribution in [2.75, 3.05) is 0 Å². The maximum Gasteiger partial charge on any atom is 0.127 e. The molecule has 1 rings (SSSR count). The number of nitrogens with two attached hydrogens (primary N) is 1. The van der Waals surface area contributed by atoms with Crippen LogP contribution in [0.2, 0.25) is 5.02 Å². The van der Waals surface area contributed by atoms with Gasteiger partial charge in [0, 0.05) is 10.0 Å². The van der Waals surface area contributed by atoms with Gasteiger partial charge in [-0.1, -0.05) is 11.6 Å². The van der Waals surface area contributed by atoms with E-state index in [2.05, 4.69) is 15.9 Å². The molecule has 0 spiro atoms. The van der Waals surface area contributed by atoms with Gasteiger partial charge in [-0.2, -0.15) is 0 Å². The van der Waals surface area contributed by atoms with E-state index in [0.29, 0.717) is 21.5 Å². The number of hydrogen-bond donors (Lipinski definition) is 1. The molecule has 4 heteroatoms. The first-order valence-corrected chi connectivity index (χ1v) is 5.39. The van der Waals surface area contributed by atoms with Crippen molar-refractivity contribution in [2.24, 2.45) is 5.73 Å². The Balaban J connectivity index is 3.04. The van der Waals surface area contributed by atoms with Gasteiger partial charge in [-0.25, -0.2) is 4.39 Å². The highest BCUT2D eigenvalue weighted by molar-refractivity contribution is 9.10. The zero-order chi connectivity index (χ0) is 10.9. The molecule has 0 atom stereocenters. The molecule has 0 radical (unpaired) electrons. The highest BCUT2D eigenvalue weighted by Crippen LogP contribution is 2.27. The van der Waals surface area contributed by atoms with Gasteiger partial charge in [0.05, 0.1) is 5.02 Å². The first-order valence-electron chi connectivity index (χ1n) is 4.22. The van der Waals surface area contributed by atoms with Crippen molar-refractivity contribution >= 4 is 27.5 Å². The lowest BCUT2D eigenvalue weighted by Crippen LogP contribution is -2.34. The highest BCUT2D eigenvalue weighted by atomic mass is 79.9. The van der Waals surface area contributed by atoms with Gasteiger partial charge < -0.3 is 5.73 Å². The molecule has 1 aromatic carbocycles. The number of halogens is 3. The van der Waals surface area contributed by atoms with Gasteiger partial charge >= 0.3 is 0 Å². The average Bonchev–Trinajstić information content (AvgIpc) is 1.97. The third-order valence-corrected chi connectivity index (χ3v) is 2.93. The first-order chi connectivity index (χ1) is 6.29. The van der Waals surface area contributed by atoms with Crippen molar-refractivity contribution in [3.63, 3.8) is 0 Å². The van der Waals surface area contributed by atoms with Crippen LogP contribution in [0.3, 0.4) is 0 Å². The molecule has 0 aliphatic heterocycles. The number of rotatable bonds is 2. The van der Waals surface area contributed by atoms with Crippen LogP contribution >= 0.6 is 27.5 Å². The molecule has 0 amide bonds. The minimum Gasteiger partial charge on any atom is -0.325 e. The van der Waals surface area contributed by atoms with Crippen molar-refractivity contribution in [1.29, 1.82) is 0 Å². The van der Waals surface area contributed by atoms with E-state index in [9.17, 15) is 4.39 Å². The highest BCUT2D eigenvalue weighted by Gasteiger charge is 2.16. The standard InChI is InChI=1S/C10H12BrClFN/c1-10(2,14)5-6-3-8(12)7(11)4-9(6)13/h3-4H,5,14H2,1-2H3. The van der Waals surface area contributed by atoms with Crippen molar-refractivity contribution in [3.05, 3.63) is 33.0 Å². The summed E-state index contributed by atoms with van der Waals surface area (Å²) in [5.74, 6) is -0.278. The average molecular weight is 281 g/mol. The Kier molecular flexibility index (Phi) is 3.56. The van der Waals surface area contributed by atoms with E-state index in [-0.39, 0.29) is 5.82 Å². The molecular formula is C10H12BrClFN. The van der Waals surface area contributed by atoms with E-state index in [1.165, 1.54) is 6.07 Å². The van der Waals surface area contributed by atoms with Crippen LogP contribution in [0.5, 0.6) is 0 Å². The first kappa shape index (κ1) is 12.0. The molecule has 0 heterocycles. The fourth-order valence-electron chi connectivity index (χ4n) is 1.19. The summed E-state index contributed by atoms with van der Waals surface area (Å²) in [6.45, 7) is 3.70. The van der Waals surface area contributed by atoms with E-state index in [0.717, 1.165) is 0 Å². The van der Waals surface area contributed by atoms with Crippen LogP contribution in [0.4, 0.5) is 4.39 Å². The molecule has 2 N–H and O–H groups in total. The second kappa shape index (κ2) is 4.17. The monoisotopic (exact) mass is 279 g/mol. The fraction of sp³-hybridized carbons (Fsp3) is 0.400. The van der Waals surface area contributed by atoms with Crippen LogP contribution in [-0.2, 0) is 6.42 Å². The van der Waals surface area contributed by atoms with Crippen LogP contribution in [0, 0.1) is 5.82 Å².